The van der Waals surface area contributed by atoms with Crippen LogP contribution in [0, 0.1) is 5.92 Å². The maximum Gasteiger partial charge on any atom is 0.256 e. The van der Waals surface area contributed by atoms with Gasteiger partial charge in [-0.15, -0.1) is 0 Å². The van der Waals surface area contributed by atoms with Gasteiger partial charge in [0.25, 0.3) is 5.91 Å². The molecule has 1 saturated heterocycles. The number of piperidine rings is 1. The number of carbonyl (C=O) groups excluding carboxylic acids is 2. The molecule has 0 radical (unpaired) electrons. The van der Waals surface area contributed by atoms with E-state index in [0.29, 0.717) is 31.5 Å². The van der Waals surface area contributed by atoms with Crippen molar-refractivity contribution < 1.29 is 9.59 Å². The molecule has 0 aromatic carbocycles. The molecule has 0 atom stereocenters. The fourth-order valence-corrected chi connectivity index (χ4v) is 2.86. The number of nitrogens with zero attached hydrogens (tertiary/aromatic N) is 3. The molecule has 1 aliphatic heterocycles. The summed E-state index contributed by atoms with van der Waals surface area (Å²) in [6, 6.07) is 3.13. The highest BCUT2D eigenvalue weighted by Crippen LogP contribution is 2.23. The first kappa shape index (κ1) is 16.0. The van der Waals surface area contributed by atoms with Crippen LogP contribution in [0.25, 0.3) is 0 Å². The highest BCUT2D eigenvalue weighted by atomic mass is 35.5. The Kier molecular flexibility index (Phi) is 5.06. The summed E-state index contributed by atoms with van der Waals surface area (Å²) in [6.45, 7) is 1.09. The molecule has 0 unspecified atom stereocenters. The summed E-state index contributed by atoms with van der Waals surface area (Å²) in [5, 5.41) is 0.367. The van der Waals surface area contributed by atoms with Crippen LogP contribution >= 0.6 is 23.2 Å². The second kappa shape index (κ2) is 6.62. The fraction of sp³-hybridized carbons (Fsp3) is 0.500. The lowest BCUT2D eigenvalue weighted by Crippen LogP contribution is -2.42. The van der Waals surface area contributed by atoms with Gasteiger partial charge in [0.1, 0.15) is 10.3 Å². The topological polar surface area (TPSA) is 53.5 Å². The van der Waals surface area contributed by atoms with Crippen LogP contribution in [0.1, 0.15) is 23.2 Å². The third-order valence-corrected chi connectivity index (χ3v) is 4.12. The van der Waals surface area contributed by atoms with Crippen molar-refractivity contribution in [2.24, 2.45) is 5.92 Å². The van der Waals surface area contributed by atoms with Crippen LogP contribution in [-0.4, -0.2) is 53.8 Å². The summed E-state index contributed by atoms with van der Waals surface area (Å²) in [6.07, 6.45) is 1.34. The molecule has 21 heavy (non-hydrogen) atoms. The Morgan fingerprint density at radius 2 is 1.86 bits per heavy atom. The zero-order chi connectivity index (χ0) is 15.6. The predicted octanol–water partition coefficient (Wildman–Crippen LogP) is 2.33. The number of likely N-dealkylation sites (tertiary alicyclic amines) is 1. The van der Waals surface area contributed by atoms with Crippen LogP contribution in [0.4, 0.5) is 0 Å². The second-order valence-electron chi connectivity index (χ2n) is 5.27. The van der Waals surface area contributed by atoms with Crippen LogP contribution < -0.4 is 0 Å². The van der Waals surface area contributed by atoms with Crippen molar-refractivity contribution in [1.82, 2.24) is 14.8 Å². The molecule has 0 N–H and O–H groups in total. The van der Waals surface area contributed by atoms with Gasteiger partial charge in [-0.25, -0.2) is 4.98 Å². The minimum Gasteiger partial charge on any atom is -0.349 e. The normalized spacial score (nSPS) is 15.9. The van der Waals surface area contributed by atoms with E-state index in [-0.39, 0.29) is 28.0 Å². The van der Waals surface area contributed by atoms with Gasteiger partial charge in [0, 0.05) is 33.1 Å². The molecule has 1 aromatic rings. The van der Waals surface area contributed by atoms with Gasteiger partial charge in [0.15, 0.2) is 0 Å². The molecule has 1 fully saturated rings. The number of hydrogen-bond donors (Lipinski definition) is 0. The minimum absolute atomic E-state index is 0.0112. The first-order valence-corrected chi connectivity index (χ1v) is 7.48. The maximum absolute atomic E-state index is 12.4. The van der Waals surface area contributed by atoms with Gasteiger partial charge < -0.3 is 9.80 Å². The third kappa shape index (κ3) is 3.66. The van der Waals surface area contributed by atoms with E-state index in [1.807, 2.05) is 0 Å². The average molecular weight is 330 g/mol. The summed E-state index contributed by atoms with van der Waals surface area (Å²) in [5.41, 5.74) is 0.346. The van der Waals surface area contributed by atoms with Gasteiger partial charge in [-0.05, 0) is 25.0 Å². The lowest BCUT2D eigenvalue weighted by atomic mass is 9.95. The Morgan fingerprint density at radius 3 is 2.38 bits per heavy atom. The Balaban J connectivity index is 2.02. The molecule has 2 rings (SSSR count). The third-order valence-electron chi connectivity index (χ3n) is 3.62. The summed E-state index contributed by atoms with van der Waals surface area (Å²) < 4.78 is 0. The molecule has 0 saturated carbocycles. The summed E-state index contributed by atoms with van der Waals surface area (Å²) in [5.74, 6) is -0.0592. The van der Waals surface area contributed by atoms with Crippen molar-refractivity contribution in [2.75, 3.05) is 27.2 Å². The van der Waals surface area contributed by atoms with E-state index >= 15 is 0 Å². The van der Waals surface area contributed by atoms with E-state index < -0.39 is 0 Å². The first-order valence-electron chi connectivity index (χ1n) is 6.72. The van der Waals surface area contributed by atoms with E-state index in [1.54, 1.807) is 36.0 Å². The molecule has 0 spiro atoms. The molecule has 5 nitrogen and oxygen atoms in total. The molecular formula is C14H17Cl2N3O2. The standard InChI is InChI=1S/C14H17Cl2N3O2/c1-18(2)13(20)9-5-7-19(8-6-9)14(21)10-3-4-11(15)17-12(10)16/h3-4,9H,5-8H2,1-2H3. The number of carbonyl (C=O) groups is 2. The quantitative estimate of drug-likeness (QED) is 0.782. The van der Waals surface area contributed by atoms with Gasteiger partial charge in [-0.3, -0.25) is 9.59 Å². The Bertz CT molecular complexity index is 555. The van der Waals surface area contributed by atoms with Gasteiger partial charge in [-0.1, -0.05) is 23.2 Å². The van der Waals surface area contributed by atoms with Crippen LogP contribution in [0.5, 0.6) is 0 Å². The van der Waals surface area contributed by atoms with Gasteiger partial charge >= 0.3 is 0 Å². The first-order chi connectivity index (χ1) is 9.90. The van der Waals surface area contributed by atoms with Crippen molar-refractivity contribution in [3.05, 3.63) is 28.0 Å². The smallest absolute Gasteiger partial charge is 0.256 e. The van der Waals surface area contributed by atoms with Gasteiger partial charge in [-0.2, -0.15) is 0 Å². The highest BCUT2D eigenvalue weighted by molar-refractivity contribution is 6.34. The van der Waals surface area contributed by atoms with E-state index in [4.69, 9.17) is 23.2 Å². The van der Waals surface area contributed by atoms with Crippen LogP contribution in [-0.2, 0) is 4.79 Å². The van der Waals surface area contributed by atoms with Crippen molar-refractivity contribution in [1.29, 1.82) is 0 Å². The molecule has 0 aliphatic carbocycles. The van der Waals surface area contributed by atoms with E-state index in [0.717, 1.165) is 0 Å². The number of pyridine rings is 1. The monoisotopic (exact) mass is 329 g/mol. The van der Waals surface area contributed by atoms with E-state index in [9.17, 15) is 9.59 Å². The molecule has 114 valence electrons. The fourth-order valence-electron chi connectivity index (χ4n) is 2.44. The van der Waals surface area contributed by atoms with Crippen LogP contribution in [0.15, 0.2) is 12.1 Å². The zero-order valence-corrected chi connectivity index (χ0v) is 13.5. The molecular weight excluding hydrogens is 313 g/mol. The Morgan fingerprint density at radius 1 is 1.24 bits per heavy atom. The average Bonchev–Trinajstić information content (AvgIpc) is 2.46. The maximum atomic E-state index is 12.4. The second-order valence-corrected chi connectivity index (χ2v) is 6.02. The van der Waals surface area contributed by atoms with Crippen molar-refractivity contribution in [2.45, 2.75) is 12.8 Å². The summed E-state index contributed by atoms with van der Waals surface area (Å²) >= 11 is 11.7. The van der Waals surface area contributed by atoms with E-state index in [2.05, 4.69) is 4.98 Å². The number of hydrogen-bond acceptors (Lipinski definition) is 3. The summed E-state index contributed by atoms with van der Waals surface area (Å²) in [4.78, 5) is 31.5. The highest BCUT2D eigenvalue weighted by Gasteiger charge is 2.29. The minimum atomic E-state index is -0.167. The molecule has 7 heteroatoms. The number of halogens is 2. The van der Waals surface area contributed by atoms with E-state index in [1.165, 1.54) is 0 Å². The SMILES string of the molecule is CN(C)C(=O)C1CCN(C(=O)c2ccc(Cl)nc2Cl)CC1. The zero-order valence-electron chi connectivity index (χ0n) is 12.0. The van der Waals surface area contributed by atoms with Crippen LogP contribution in [0.2, 0.25) is 10.3 Å². The molecule has 2 amide bonds. The van der Waals surface area contributed by atoms with Crippen molar-refractivity contribution >= 4 is 35.0 Å². The van der Waals surface area contributed by atoms with Crippen molar-refractivity contribution in [3.8, 4) is 0 Å². The molecule has 0 bridgehead atoms. The van der Waals surface area contributed by atoms with Gasteiger partial charge in [0.05, 0.1) is 5.56 Å². The van der Waals surface area contributed by atoms with Gasteiger partial charge in [0.2, 0.25) is 5.91 Å². The van der Waals surface area contributed by atoms with Crippen LogP contribution in [0.3, 0.4) is 0 Å². The predicted molar refractivity (Wildman–Crippen MR) is 81.6 cm³/mol. The summed E-state index contributed by atoms with van der Waals surface area (Å²) in [7, 11) is 3.50. The largest absolute Gasteiger partial charge is 0.349 e. The Labute approximate surface area is 133 Å². The lowest BCUT2D eigenvalue weighted by Gasteiger charge is -2.32. The Hall–Kier alpha value is -1.33. The van der Waals surface area contributed by atoms with Crippen molar-refractivity contribution in [3.63, 3.8) is 0 Å². The molecule has 1 aromatic heterocycles. The number of rotatable bonds is 2. The molecule has 1 aliphatic rings. The number of aromatic nitrogens is 1. The number of amides is 2. The molecule has 2 heterocycles. The lowest BCUT2D eigenvalue weighted by molar-refractivity contribution is -0.134.